The van der Waals surface area contributed by atoms with Crippen LogP contribution in [0.15, 0.2) is 48.5 Å². The van der Waals surface area contributed by atoms with Gasteiger partial charge in [0, 0.05) is 0 Å². The normalized spacial score (nSPS) is 11.8. The van der Waals surface area contributed by atoms with E-state index in [0.717, 1.165) is 22.4 Å². The third kappa shape index (κ3) is 3.85. The summed E-state index contributed by atoms with van der Waals surface area (Å²) in [6.07, 6.45) is 0. The first-order valence-electron chi connectivity index (χ1n) is 6.94. The number of rotatable bonds is 5. The highest BCUT2D eigenvalue weighted by Crippen LogP contribution is 2.23. The summed E-state index contributed by atoms with van der Waals surface area (Å²) in [5, 5.41) is 0. The molecule has 0 saturated carbocycles. The Hall–Kier alpha value is -2.29. The Labute approximate surface area is 125 Å². The third-order valence-electron chi connectivity index (χ3n) is 3.44. The molecule has 1 atom stereocenters. The lowest BCUT2D eigenvalue weighted by Gasteiger charge is -2.17. The Balaban J connectivity index is 2.16. The molecule has 0 aliphatic carbocycles. The van der Waals surface area contributed by atoms with Crippen molar-refractivity contribution in [2.45, 2.75) is 19.8 Å². The van der Waals surface area contributed by atoms with Crippen molar-refractivity contribution in [1.29, 1.82) is 0 Å². The molecule has 2 rings (SSSR count). The van der Waals surface area contributed by atoms with Gasteiger partial charge in [0.2, 0.25) is 0 Å². The summed E-state index contributed by atoms with van der Waals surface area (Å²) < 4.78 is 10.7. The first kappa shape index (κ1) is 15.1. The summed E-state index contributed by atoms with van der Waals surface area (Å²) in [5.41, 5.74) is 3.08. The molecule has 0 amide bonds. The lowest BCUT2D eigenvalue weighted by molar-refractivity contribution is -0.143. The fraction of sp³-hybridized carbons (Fsp3) is 0.278. The van der Waals surface area contributed by atoms with Crippen LogP contribution in [-0.4, -0.2) is 19.7 Å². The topological polar surface area (TPSA) is 35.5 Å². The Morgan fingerprint density at radius 3 is 2.48 bits per heavy atom. The molecular formula is C18H20O3. The number of hydrogen-bond donors (Lipinski definition) is 0. The molecule has 110 valence electrons. The van der Waals surface area contributed by atoms with Crippen LogP contribution in [0, 0.1) is 13.8 Å². The number of aryl methyl sites for hydroxylation is 2. The van der Waals surface area contributed by atoms with Crippen LogP contribution in [0.1, 0.15) is 22.6 Å². The molecule has 0 N–H and O–H groups in total. The van der Waals surface area contributed by atoms with Crippen molar-refractivity contribution >= 4 is 5.97 Å². The zero-order valence-corrected chi connectivity index (χ0v) is 12.6. The highest BCUT2D eigenvalue weighted by atomic mass is 16.5. The lowest BCUT2D eigenvalue weighted by atomic mass is 10.0. The van der Waals surface area contributed by atoms with Gasteiger partial charge in [-0.25, -0.2) is 0 Å². The molecule has 0 spiro atoms. The molecule has 0 aliphatic heterocycles. The van der Waals surface area contributed by atoms with Crippen LogP contribution in [0.2, 0.25) is 0 Å². The second-order valence-corrected chi connectivity index (χ2v) is 5.07. The van der Waals surface area contributed by atoms with Crippen LogP contribution in [-0.2, 0) is 9.53 Å². The van der Waals surface area contributed by atoms with Gasteiger partial charge in [-0.1, -0.05) is 42.5 Å². The van der Waals surface area contributed by atoms with Crippen molar-refractivity contribution in [2.24, 2.45) is 0 Å². The molecule has 21 heavy (non-hydrogen) atoms. The number of methoxy groups -OCH3 is 1. The summed E-state index contributed by atoms with van der Waals surface area (Å²) in [6.45, 7) is 4.27. The van der Waals surface area contributed by atoms with Gasteiger partial charge in [-0.05, 0) is 36.6 Å². The minimum Gasteiger partial charge on any atom is -0.492 e. The van der Waals surface area contributed by atoms with Gasteiger partial charge in [-0.2, -0.15) is 0 Å². The quantitative estimate of drug-likeness (QED) is 0.786. The van der Waals surface area contributed by atoms with Crippen molar-refractivity contribution in [2.75, 3.05) is 13.7 Å². The van der Waals surface area contributed by atoms with Gasteiger partial charge < -0.3 is 9.47 Å². The number of hydrogen-bond acceptors (Lipinski definition) is 3. The molecular weight excluding hydrogens is 264 g/mol. The van der Waals surface area contributed by atoms with Gasteiger partial charge in [-0.15, -0.1) is 0 Å². The summed E-state index contributed by atoms with van der Waals surface area (Å²) in [4.78, 5) is 12.0. The number of esters is 1. The first-order chi connectivity index (χ1) is 10.1. The van der Waals surface area contributed by atoms with Crippen molar-refractivity contribution in [1.82, 2.24) is 0 Å². The molecule has 0 aliphatic rings. The summed E-state index contributed by atoms with van der Waals surface area (Å²) in [6, 6.07) is 15.6. The molecule has 0 radical (unpaired) electrons. The summed E-state index contributed by atoms with van der Waals surface area (Å²) in [5.74, 6) is 0.0995. The summed E-state index contributed by atoms with van der Waals surface area (Å²) in [7, 11) is 1.40. The van der Waals surface area contributed by atoms with E-state index in [1.54, 1.807) is 0 Å². The van der Waals surface area contributed by atoms with Gasteiger partial charge in [-0.3, -0.25) is 4.79 Å². The third-order valence-corrected chi connectivity index (χ3v) is 3.44. The van der Waals surface area contributed by atoms with E-state index in [1.807, 2.05) is 62.4 Å². The minimum atomic E-state index is -0.420. The zero-order chi connectivity index (χ0) is 15.2. The van der Waals surface area contributed by atoms with Crippen molar-refractivity contribution in [3.63, 3.8) is 0 Å². The average Bonchev–Trinajstić information content (AvgIpc) is 2.51. The molecule has 0 fully saturated rings. The zero-order valence-electron chi connectivity index (χ0n) is 12.6. The fourth-order valence-electron chi connectivity index (χ4n) is 2.16. The smallest absolute Gasteiger partial charge is 0.316 e. The van der Waals surface area contributed by atoms with Gasteiger partial charge in [0.05, 0.1) is 7.11 Å². The van der Waals surface area contributed by atoms with Crippen LogP contribution in [0.5, 0.6) is 5.75 Å². The van der Waals surface area contributed by atoms with E-state index in [9.17, 15) is 4.79 Å². The van der Waals surface area contributed by atoms with E-state index in [-0.39, 0.29) is 12.6 Å². The van der Waals surface area contributed by atoms with Crippen LogP contribution in [0.25, 0.3) is 0 Å². The maximum absolute atomic E-state index is 12.0. The van der Waals surface area contributed by atoms with Crippen molar-refractivity contribution in [3.05, 3.63) is 65.2 Å². The predicted molar refractivity (Wildman–Crippen MR) is 82.6 cm³/mol. The van der Waals surface area contributed by atoms with E-state index < -0.39 is 5.92 Å². The molecule has 0 saturated heterocycles. The predicted octanol–water partition coefficient (Wildman–Crippen LogP) is 3.64. The maximum atomic E-state index is 12.0. The van der Waals surface area contributed by atoms with E-state index >= 15 is 0 Å². The van der Waals surface area contributed by atoms with E-state index in [1.165, 1.54) is 7.11 Å². The Morgan fingerprint density at radius 1 is 1.10 bits per heavy atom. The Kier molecular flexibility index (Phi) is 4.99. The van der Waals surface area contributed by atoms with Crippen LogP contribution in [0.4, 0.5) is 0 Å². The Morgan fingerprint density at radius 2 is 1.81 bits per heavy atom. The van der Waals surface area contributed by atoms with Crippen LogP contribution < -0.4 is 4.74 Å². The fourth-order valence-corrected chi connectivity index (χ4v) is 2.16. The number of carbonyl (C=O) groups excluding carboxylic acids is 1. The van der Waals surface area contributed by atoms with Gasteiger partial charge in [0.15, 0.2) is 0 Å². The summed E-state index contributed by atoms with van der Waals surface area (Å²) >= 11 is 0. The van der Waals surface area contributed by atoms with Crippen LogP contribution >= 0.6 is 0 Å². The van der Waals surface area contributed by atoms with Crippen molar-refractivity contribution in [3.8, 4) is 5.75 Å². The number of ether oxygens (including phenoxy) is 2. The molecule has 3 nitrogen and oxygen atoms in total. The highest BCUT2D eigenvalue weighted by Gasteiger charge is 2.22. The van der Waals surface area contributed by atoms with Crippen molar-refractivity contribution < 1.29 is 14.3 Å². The largest absolute Gasteiger partial charge is 0.492 e. The minimum absolute atomic E-state index is 0.265. The van der Waals surface area contributed by atoms with E-state index in [4.69, 9.17) is 9.47 Å². The number of benzene rings is 2. The number of carbonyl (C=O) groups is 1. The molecule has 2 aromatic rings. The molecule has 2 aromatic carbocycles. The van der Waals surface area contributed by atoms with Gasteiger partial charge in [0.1, 0.15) is 18.3 Å². The second-order valence-electron chi connectivity index (χ2n) is 5.07. The highest BCUT2D eigenvalue weighted by molar-refractivity contribution is 5.78. The second kappa shape index (κ2) is 6.93. The maximum Gasteiger partial charge on any atom is 0.316 e. The lowest BCUT2D eigenvalue weighted by Crippen LogP contribution is -2.21. The monoisotopic (exact) mass is 284 g/mol. The van der Waals surface area contributed by atoms with E-state index in [2.05, 4.69) is 0 Å². The average molecular weight is 284 g/mol. The first-order valence-corrected chi connectivity index (χ1v) is 6.94. The van der Waals surface area contributed by atoms with Gasteiger partial charge in [0.25, 0.3) is 0 Å². The molecule has 0 heterocycles. The molecule has 1 unspecified atom stereocenters. The Bertz CT molecular complexity index is 605. The molecule has 3 heteroatoms. The van der Waals surface area contributed by atoms with Crippen LogP contribution in [0.3, 0.4) is 0 Å². The molecule has 0 aromatic heterocycles. The standard InChI is InChI=1S/C18H20O3/c1-13-9-10-14(2)17(11-13)21-12-16(18(19)20-3)15-7-5-4-6-8-15/h4-11,16H,12H2,1-3H3. The van der Waals surface area contributed by atoms with Gasteiger partial charge >= 0.3 is 5.97 Å². The SMILES string of the molecule is COC(=O)C(COc1cc(C)ccc1C)c1ccccc1. The molecule has 0 bridgehead atoms. The van der Waals surface area contributed by atoms with E-state index in [0.29, 0.717) is 0 Å².